The summed E-state index contributed by atoms with van der Waals surface area (Å²) in [6.45, 7) is 23.7. The molecule has 2 nitrogen and oxygen atoms in total. The molecule has 2 aromatic carbocycles. The Hall–Kier alpha value is -1.82. The molecule has 0 fully saturated rings. The molecule has 0 amide bonds. The molecular formula is C44H70N2Pd. The molecule has 0 unspecified atom stereocenters. The summed E-state index contributed by atoms with van der Waals surface area (Å²) in [7, 11) is 0. The molecule has 0 saturated carbocycles. The zero-order valence-electron chi connectivity index (χ0n) is 31.8. The van der Waals surface area contributed by atoms with Crippen molar-refractivity contribution in [1.82, 2.24) is 0 Å². The van der Waals surface area contributed by atoms with Crippen molar-refractivity contribution in [2.75, 3.05) is 0 Å². The molecule has 47 heavy (non-hydrogen) atoms. The third kappa shape index (κ3) is 14.3. The van der Waals surface area contributed by atoms with E-state index in [1.165, 1.54) is 95.9 Å². The number of benzene rings is 2. The van der Waals surface area contributed by atoms with Gasteiger partial charge in [-0.1, -0.05) is 92.2 Å². The zero-order valence-corrected chi connectivity index (χ0v) is 33.4. The Labute approximate surface area is 306 Å². The van der Waals surface area contributed by atoms with E-state index < -0.39 is 0 Å². The number of nitrogens with zero attached hydrogens (tertiary/aromatic N) is 2. The van der Waals surface area contributed by atoms with E-state index in [0.717, 1.165) is 75.6 Å². The van der Waals surface area contributed by atoms with Crippen molar-refractivity contribution in [2.24, 2.45) is 0 Å². The maximum atomic E-state index is 12.3. The van der Waals surface area contributed by atoms with Gasteiger partial charge in [0.2, 0.25) is 11.4 Å². The second kappa shape index (κ2) is 27.1. The first-order chi connectivity index (χ1) is 22.5. The van der Waals surface area contributed by atoms with Crippen molar-refractivity contribution in [3.8, 4) is 0 Å². The summed E-state index contributed by atoms with van der Waals surface area (Å²) >= 11 is 0. The average Bonchev–Trinajstić information content (AvgIpc) is 3.37. The maximum Gasteiger partial charge on any atom is 2.00 e. The number of aryl methyl sites for hydroxylation is 4. The van der Waals surface area contributed by atoms with Crippen LogP contribution in [0.5, 0.6) is 0 Å². The molecular weight excluding hydrogens is 663 g/mol. The van der Waals surface area contributed by atoms with E-state index in [-0.39, 0.29) is 20.4 Å². The molecule has 0 atom stereocenters. The van der Waals surface area contributed by atoms with Gasteiger partial charge in [-0.3, -0.25) is 0 Å². The van der Waals surface area contributed by atoms with Crippen LogP contribution in [0.4, 0.5) is 0 Å². The molecule has 0 saturated heterocycles. The van der Waals surface area contributed by atoms with Gasteiger partial charge in [-0.15, -0.1) is 0 Å². The molecule has 0 radical (unpaired) electrons. The molecule has 1 aliphatic rings. The summed E-state index contributed by atoms with van der Waals surface area (Å²) in [5.74, 6) is 0. The predicted octanol–water partition coefficient (Wildman–Crippen LogP) is 14.3. The van der Waals surface area contributed by atoms with Crippen molar-refractivity contribution >= 4 is 11.4 Å². The van der Waals surface area contributed by atoms with Gasteiger partial charge in [0.05, 0.1) is 0 Å². The molecule has 2 aromatic rings. The second-order valence-corrected chi connectivity index (χ2v) is 12.7. The number of hydrogen-bond acceptors (Lipinski definition) is 0. The second-order valence-electron chi connectivity index (χ2n) is 12.7. The van der Waals surface area contributed by atoms with Crippen LogP contribution in [0.1, 0.15) is 179 Å². The van der Waals surface area contributed by atoms with Gasteiger partial charge in [0, 0.05) is 22.3 Å². The molecule has 0 aromatic heterocycles. The first-order valence-corrected chi connectivity index (χ1v) is 19.1. The Balaban J connectivity index is 0.00000407. The smallest absolute Gasteiger partial charge is 0.493 e. The SMILES string of the molecule is CCCCC1=C(c2cc(CCCC)cc(CCCC)c2)[N+](=[N-])C(c2cc(CCCC)cc(CCCC)c2)=C1CCCC.[CH2-]C.[CH2-]C.[Pd+2]. The number of allylic oxidation sites excluding steroid dienone is 2. The normalized spacial score (nSPS) is 12.4. The zero-order chi connectivity index (χ0) is 34.3. The van der Waals surface area contributed by atoms with E-state index in [2.05, 4.69) is 91.8 Å². The number of unbranched alkanes of at least 4 members (excludes halogenated alkanes) is 6. The van der Waals surface area contributed by atoms with Crippen LogP contribution in [-0.4, -0.2) is 4.70 Å². The fourth-order valence-electron chi connectivity index (χ4n) is 6.39. The average molecular weight is 733 g/mol. The molecule has 1 aliphatic heterocycles. The maximum absolute atomic E-state index is 12.3. The molecule has 266 valence electrons. The fourth-order valence-corrected chi connectivity index (χ4v) is 6.39. The van der Waals surface area contributed by atoms with Crippen molar-refractivity contribution < 1.29 is 25.1 Å². The van der Waals surface area contributed by atoms with Gasteiger partial charge in [0.1, 0.15) is 0 Å². The molecule has 0 aliphatic carbocycles. The monoisotopic (exact) mass is 732 g/mol. The molecule has 0 spiro atoms. The topological polar surface area (TPSA) is 25.3 Å². The minimum atomic E-state index is 0. The van der Waals surface area contributed by atoms with Crippen LogP contribution in [0.3, 0.4) is 0 Å². The van der Waals surface area contributed by atoms with E-state index in [0.29, 0.717) is 0 Å². The molecule has 3 rings (SSSR count). The first kappa shape index (κ1) is 45.2. The number of rotatable bonds is 20. The third-order valence-corrected chi connectivity index (χ3v) is 8.85. The fraction of sp³-hybridized carbons (Fsp3) is 0.591. The summed E-state index contributed by atoms with van der Waals surface area (Å²) < 4.78 is 1.63. The van der Waals surface area contributed by atoms with Gasteiger partial charge in [-0.25, -0.2) is 4.70 Å². The minimum Gasteiger partial charge on any atom is -0.493 e. The van der Waals surface area contributed by atoms with Crippen LogP contribution in [-0.2, 0) is 46.1 Å². The Morgan fingerprint density at radius 1 is 0.426 bits per heavy atom. The van der Waals surface area contributed by atoms with Crippen molar-refractivity contribution in [3.63, 3.8) is 0 Å². The van der Waals surface area contributed by atoms with Gasteiger partial charge in [0.15, 0.2) is 0 Å². The van der Waals surface area contributed by atoms with Gasteiger partial charge < -0.3 is 19.4 Å². The van der Waals surface area contributed by atoms with Crippen LogP contribution in [0.2, 0.25) is 0 Å². The molecule has 0 bridgehead atoms. The predicted molar refractivity (Wildman–Crippen MR) is 206 cm³/mol. The van der Waals surface area contributed by atoms with E-state index in [1.54, 1.807) is 18.5 Å². The van der Waals surface area contributed by atoms with E-state index in [9.17, 15) is 5.53 Å². The van der Waals surface area contributed by atoms with Crippen LogP contribution < -0.4 is 0 Å². The van der Waals surface area contributed by atoms with Crippen LogP contribution in [0, 0.1) is 13.8 Å². The van der Waals surface area contributed by atoms with Crippen LogP contribution >= 0.6 is 0 Å². The summed E-state index contributed by atoms with van der Waals surface area (Å²) in [5.41, 5.74) is 25.2. The van der Waals surface area contributed by atoms with Crippen molar-refractivity contribution in [2.45, 2.75) is 171 Å². The van der Waals surface area contributed by atoms with E-state index in [4.69, 9.17) is 0 Å². The Morgan fingerprint density at radius 2 is 0.660 bits per heavy atom. The van der Waals surface area contributed by atoms with Crippen molar-refractivity contribution in [1.29, 1.82) is 0 Å². The third-order valence-electron chi connectivity index (χ3n) is 8.85. The number of hydrogen-bond donors (Lipinski definition) is 0. The Kier molecular flexibility index (Phi) is 26.0. The van der Waals surface area contributed by atoms with Crippen molar-refractivity contribution in [3.05, 3.63) is 100 Å². The van der Waals surface area contributed by atoms with E-state index in [1.807, 2.05) is 0 Å². The summed E-state index contributed by atoms with van der Waals surface area (Å²) in [6.07, 6.45) is 20.7. The summed E-state index contributed by atoms with van der Waals surface area (Å²) in [6, 6.07) is 14.4. The minimum absolute atomic E-state index is 0. The summed E-state index contributed by atoms with van der Waals surface area (Å²) in [4.78, 5) is 0. The van der Waals surface area contributed by atoms with E-state index >= 15 is 0 Å². The largest absolute Gasteiger partial charge is 2.00 e. The first-order valence-electron chi connectivity index (χ1n) is 19.1. The molecule has 0 N–H and O–H groups in total. The standard InChI is InChI=1S/C40H60N2.2C2H5.Pd/c1-7-13-19-31-25-32(20-14-8-2)28-35(27-31)39-37(23-17-11-5)38(24-18-12-6)40(42(39)41)36-29-33(21-15-9-3)26-34(30-36)22-16-10-4;2*1-2;/h25-30H,7-24H2,1-6H3;2*1H2,2H3;/q;2*-1;+2. The van der Waals surface area contributed by atoms with Gasteiger partial charge in [-0.05, 0) is 124 Å². The molecule has 1 heterocycles. The van der Waals surface area contributed by atoms with Crippen LogP contribution in [0.15, 0.2) is 47.5 Å². The van der Waals surface area contributed by atoms with Gasteiger partial charge in [0.25, 0.3) is 0 Å². The Morgan fingerprint density at radius 3 is 0.894 bits per heavy atom. The van der Waals surface area contributed by atoms with Gasteiger partial charge >= 0.3 is 20.4 Å². The van der Waals surface area contributed by atoms with Gasteiger partial charge in [-0.2, -0.15) is 13.8 Å². The molecule has 3 heteroatoms. The Bertz CT molecular complexity index is 1070. The van der Waals surface area contributed by atoms with Crippen LogP contribution in [0.25, 0.3) is 16.9 Å². The summed E-state index contributed by atoms with van der Waals surface area (Å²) in [5, 5.41) is 0. The quantitative estimate of drug-likeness (QED) is 0.0736.